The molecular weight excluding hydrogens is 340 g/mol. The lowest BCUT2D eigenvalue weighted by molar-refractivity contribution is 0.0527. The molecule has 0 unspecified atom stereocenters. The van der Waals surface area contributed by atoms with E-state index in [-0.39, 0.29) is 5.97 Å². The predicted molar refractivity (Wildman–Crippen MR) is 102 cm³/mol. The summed E-state index contributed by atoms with van der Waals surface area (Å²) in [5.41, 5.74) is 3.07. The molecule has 1 N–H and O–H groups in total. The van der Waals surface area contributed by atoms with E-state index in [4.69, 9.17) is 4.74 Å². The summed E-state index contributed by atoms with van der Waals surface area (Å²) in [6.07, 6.45) is 3.62. The van der Waals surface area contributed by atoms with Crippen LogP contribution < -0.4 is 5.32 Å². The van der Waals surface area contributed by atoms with Gasteiger partial charge in [-0.05, 0) is 37.6 Å². The molecule has 0 aliphatic carbocycles. The number of nitrogens with zero attached hydrogens (tertiary/aromatic N) is 1. The lowest BCUT2D eigenvalue weighted by Crippen LogP contribution is -2.09. The van der Waals surface area contributed by atoms with Gasteiger partial charge in [0.15, 0.2) is 0 Å². The number of carbonyl (C=O) groups excluding carboxylic acids is 1. The fraction of sp³-hybridized carbons (Fsp3) is 0.222. The summed E-state index contributed by atoms with van der Waals surface area (Å²) in [7, 11) is 0. The van der Waals surface area contributed by atoms with Gasteiger partial charge in [-0.1, -0.05) is 12.1 Å². The van der Waals surface area contributed by atoms with E-state index in [0.29, 0.717) is 12.2 Å². The Bertz CT molecular complexity index is 890. The molecule has 4 nitrogen and oxygen atoms in total. The van der Waals surface area contributed by atoms with E-state index in [2.05, 4.69) is 10.3 Å². The molecule has 0 saturated carbocycles. The van der Waals surface area contributed by atoms with Crippen molar-refractivity contribution >= 4 is 51.3 Å². The Morgan fingerprint density at radius 2 is 2.21 bits per heavy atom. The molecule has 6 heteroatoms. The lowest BCUT2D eigenvalue weighted by atomic mass is 10.1. The van der Waals surface area contributed by atoms with E-state index in [0.717, 1.165) is 32.1 Å². The number of thioether (sulfide) groups is 1. The van der Waals surface area contributed by atoms with E-state index in [1.165, 1.54) is 0 Å². The van der Waals surface area contributed by atoms with Crippen molar-refractivity contribution in [2.24, 2.45) is 0 Å². The molecule has 2 aromatic heterocycles. The van der Waals surface area contributed by atoms with Crippen LogP contribution >= 0.6 is 23.1 Å². The molecule has 24 heavy (non-hydrogen) atoms. The maximum atomic E-state index is 12.4. The van der Waals surface area contributed by atoms with Crippen molar-refractivity contribution < 1.29 is 9.53 Å². The van der Waals surface area contributed by atoms with Gasteiger partial charge >= 0.3 is 5.97 Å². The molecule has 2 heterocycles. The van der Waals surface area contributed by atoms with E-state index in [9.17, 15) is 4.79 Å². The number of ether oxygens (including phenoxy) is 1. The Morgan fingerprint density at radius 3 is 2.88 bits per heavy atom. The zero-order chi connectivity index (χ0) is 17.1. The van der Waals surface area contributed by atoms with Gasteiger partial charge in [-0.2, -0.15) is 0 Å². The quantitative estimate of drug-likeness (QED) is 0.499. The number of carbonyl (C=O) groups is 1. The molecule has 0 bridgehead atoms. The number of pyridine rings is 1. The fourth-order valence-corrected chi connectivity index (χ4v) is 3.73. The molecule has 0 spiro atoms. The summed E-state index contributed by atoms with van der Waals surface area (Å²) in [5, 5.41) is 6.36. The molecule has 0 aliphatic rings. The molecule has 124 valence electrons. The summed E-state index contributed by atoms with van der Waals surface area (Å²) in [4.78, 5) is 19.1. The third-order valence-electron chi connectivity index (χ3n) is 3.69. The highest BCUT2D eigenvalue weighted by Gasteiger charge is 2.18. The number of aromatic nitrogens is 1. The number of fused-ring (bicyclic) bond motifs is 1. The van der Waals surface area contributed by atoms with Gasteiger partial charge in [-0.3, -0.25) is 4.98 Å². The highest BCUT2D eigenvalue weighted by Crippen LogP contribution is 2.35. The number of rotatable bonds is 5. The number of hydrogen-bond donors (Lipinski definition) is 1. The van der Waals surface area contributed by atoms with Crippen molar-refractivity contribution in [1.82, 2.24) is 4.98 Å². The van der Waals surface area contributed by atoms with Crippen LogP contribution in [-0.4, -0.2) is 23.8 Å². The van der Waals surface area contributed by atoms with Gasteiger partial charge < -0.3 is 10.1 Å². The fourth-order valence-electron chi connectivity index (χ4n) is 2.51. The molecular formula is C18H18N2O2S2. The molecule has 0 radical (unpaired) electrons. The minimum absolute atomic E-state index is 0.332. The van der Waals surface area contributed by atoms with Crippen LogP contribution in [0.25, 0.3) is 10.9 Å². The van der Waals surface area contributed by atoms with Crippen molar-refractivity contribution in [3.8, 4) is 0 Å². The van der Waals surface area contributed by atoms with Crippen LogP contribution in [0.4, 0.5) is 11.4 Å². The number of aryl methyl sites for hydroxylation is 1. The molecule has 0 atom stereocenters. The average molecular weight is 358 g/mol. The van der Waals surface area contributed by atoms with Crippen LogP contribution in [0.3, 0.4) is 0 Å². The second-order valence-corrected chi connectivity index (χ2v) is 7.11. The molecule has 3 rings (SSSR count). The summed E-state index contributed by atoms with van der Waals surface area (Å²) >= 11 is 3.30. The zero-order valence-corrected chi connectivity index (χ0v) is 15.4. The van der Waals surface area contributed by atoms with E-state index in [1.54, 1.807) is 36.2 Å². The average Bonchev–Trinajstić information content (AvgIpc) is 2.99. The van der Waals surface area contributed by atoms with Crippen LogP contribution in [0.5, 0.6) is 0 Å². The number of esters is 1. The summed E-state index contributed by atoms with van der Waals surface area (Å²) < 4.78 is 5.20. The zero-order valence-electron chi connectivity index (χ0n) is 13.8. The second-order valence-electron chi connectivity index (χ2n) is 5.14. The topological polar surface area (TPSA) is 51.2 Å². The molecule has 0 fully saturated rings. The van der Waals surface area contributed by atoms with Crippen LogP contribution in [0.15, 0.2) is 40.7 Å². The van der Waals surface area contributed by atoms with Crippen LogP contribution in [0.1, 0.15) is 22.2 Å². The van der Waals surface area contributed by atoms with Gasteiger partial charge in [-0.15, -0.1) is 23.1 Å². The van der Waals surface area contributed by atoms with Gasteiger partial charge in [0.25, 0.3) is 0 Å². The highest BCUT2D eigenvalue weighted by molar-refractivity contribution is 7.98. The first-order valence-electron chi connectivity index (χ1n) is 7.59. The Hall–Kier alpha value is -2.05. The molecule has 0 amide bonds. The maximum Gasteiger partial charge on any atom is 0.341 e. The third-order valence-corrected chi connectivity index (χ3v) is 5.31. The number of para-hydroxylation sites is 1. The summed E-state index contributed by atoms with van der Waals surface area (Å²) in [6, 6.07) is 8.01. The normalized spacial score (nSPS) is 10.8. The number of anilines is 2. The Balaban J connectivity index is 2.21. The van der Waals surface area contributed by atoms with Crippen molar-refractivity contribution in [1.29, 1.82) is 0 Å². The molecule has 0 saturated heterocycles. The maximum absolute atomic E-state index is 12.4. The van der Waals surface area contributed by atoms with E-state index >= 15 is 0 Å². The monoisotopic (exact) mass is 358 g/mol. The predicted octanol–water partition coefficient (Wildman–Crippen LogP) is 5.25. The number of thiophene rings is 1. The first-order valence-corrected chi connectivity index (χ1v) is 9.70. The minimum Gasteiger partial charge on any atom is -0.462 e. The number of nitrogens with one attached hydrogen (secondary N) is 1. The molecule has 1 aromatic carbocycles. The van der Waals surface area contributed by atoms with Crippen molar-refractivity contribution in [2.45, 2.75) is 18.7 Å². The number of benzene rings is 1. The lowest BCUT2D eigenvalue weighted by Gasteiger charge is -2.15. The largest absolute Gasteiger partial charge is 0.462 e. The van der Waals surface area contributed by atoms with Crippen LogP contribution in [0, 0.1) is 6.92 Å². The van der Waals surface area contributed by atoms with Crippen LogP contribution in [0.2, 0.25) is 0 Å². The standard InChI is InChI=1S/C18H18N2O2S2/c1-4-22-18(21)13-10-19-17-12(6-5-7-15(17)23-3)16(13)20-14-8-9-24-11(14)2/h5-10H,4H2,1-3H3,(H,19,20). The Labute approximate surface area is 149 Å². The molecule has 3 aromatic rings. The van der Waals surface area contributed by atoms with Crippen molar-refractivity contribution in [2.75, 3.05) is 18.2 Å². The van der Waals surface area contributed by atoms with E-state index < -0.39 is 0 Å². The van der Waals surface area contributed by atoms with Gasteiger partial charge in [-0.25, -0.2) is 4.79 Å². The summed E-state index contributed by atoms with van der Waals surface area (Å²) in [5.74, 6) is -0.364. The van der Waals surface area contributed by atoms with Crippen LogP contribution in [-0.2, 0) is 4.74 Å². The Kier molecular flexibility index (Phi) is 5.06. The van der Waals surface area contributed by atoms with Gasteiger partial charge in [0.1, 0.15) is 5.56 Å². The highest BCUT2D eigenvalue weighted by atomic mass is 32.2. The number of hydrogen-bond acceptors (Lipinski definition) is 6. The first kappa shape index (κ1) is 16.8. The minimum atomic E-state index is -0.364. The molecule has 0 aliphatic heterocycles. The van der Waals surface area contributed by atoms with Crippen molar-refractivity contribution in [3.05, 3.63) is 46.3 Å². The van der Waals surface area contributed by atoms with E-state index in [1.807, 2.05) is 42.8 Å². The summed E-state index contributed by atoms with van der Waals surface area (Å²) in [6.45, 7) is 4.18. The second kappa shape index (κ2) is 7.23. The van der Waals surface area contributed by atoms with Gasteiger partial charge in [0.2, 0.25) is 0 Å². The smallest absolute Gasteiger partial charge is 0.341 e. The van der Waals surface area contributed by atoms with Gasteiger partial charge in [0, 0.05) is 21.4 Å². The SMILES string of the molecule is CCOC(=O)c1cnc2c(SC)cccc2c1Nc1ccsc1C. The first-order chi connectivity index (χ1) is 11.7. The van der Waals surface area contributed by atoms with Gasteiger partial charge in [0.05, 0.1) is 23.5 Å². The third kappa shape index (κ3) is 3.12. The van der Waals surface area contributed by atoms with Crippen molar-refractivity contribution in [3.63, 3.8) is 0 Å². The Morgan fingerprint density at radius 1 is 1.38 bits per heavy atom.